The van der Waals surface area contributed by atoms with E-state index in [0.29, 0.717) is 12.6 Å². The van der Waals surface area contributed by atoms with Crippen molar-refractivity contribution in [3.63, 3.8) is 0 Å². The van der Waals surface area contributed by atoms with Crippen LogP contribution < -0.4 is 5.73 Å². The Morgan fingerprint density at radius 1 is 1.50 bits per heavy atom. The maximum Gasteiger partial charge on any atom is 0.0709 e. The van der Waals surface area contributed by atoms with Gasteiger partial charge in [0.05, 0.1) is 18.8 Å². The third-order valence-electron chi connectivity index (χ3n) is 3.11. The molecule has 1 aliphatic rings. The van der Waals surface area contributed by atoms with Crippen molar-refractivity contribution in [2.24, 2.45) is 5.73 Å². The van der Waals surface area contributed by atoms with Gasteiger partial charge in [-0.2, -0.15) is 0 Å². The summed E-state index contributed by atoms with van der Waals surface area (Å²) in [4.78, 5) is 2.46. The Kier molecular flexibility index (Phi) is 6.96. The van der Waals surface area contributed by atoms with E-state index in [4.69, 9.17) is 15.2 Å². The lowest BCUT2D eigenvalue weighted by atomic mass is 10.2. The molecule has 1 saturated heterocycles. The lowest BCUT2D eigenvalue weighted by molar-refractivity contribution is -0.0355. The Hall–Kier alpha value is -0.160. The van der Waals surface area contributed by atoms with E-state index in [1.54, 1.807) is 0 Å². The van der Waals surface area contributed by atoms with Crippen LogP contribution in [-0.2, 0) is 9.47 Å². The van der Waals surface area contributed by atoms with Crippen LogP contribution in [0.2, 0.25) is 0 Å². The molecule has 0 amide bonds. The van der Waals surface area contributed by atoms with E-state index in [0.717, 1.165) is 45.7 Å². The average Bonchev–Trinajstić information content (AvgIpc) is 2.34. The maximum absolute atomic E-state index is 5.66. The molecule has 0 aliphatic carbocycles. The average molecular weight is 230 g/mol. The van der Waals surface area contributed by atoms with Crippen LogP contribution in [-0.4, -0.2) is 56.5 Å². The number of rotatable bonds is 7. The highest BCUT2D eigenvalue weighted by atomic mass is 16.5. The molecular weight excluding hydrogens is 204 g/mol. The standard InChI is InChI=1S/C12H26N2O2/c1-3-11-10-14(7-8-16-11)6-5-12(9-13)15-4-2/h11-12H,3-10,13H2,1-2H3. The van der Waals surface area contributed by atoms with Crippen LogP contribution in [0.5, 0.6) is 0 Å². The number of nitrogens with two attached hydrogens (primary N) is 1. The lowest BCUT2D eigenvalue weighted by Crippen LogP contribution is -2.43. The fraction of sp³-hybridized carbons (Fsp3) is 1.00. The van der Waals surface area contributed by atoms with E-state index in [-0.39, 0.29) is 6.10 Å². The van der Waals surface area contributed by atoms with Crippen molar-refractivity contribution >= 4 is 0 Å². The van der Waals surface area contributed by atoms with Gasteiger partial charge in [0.2, 0.25) is 0 Å². The quantitative estimate of drug-likeness (QED) is 0.704. The van der Waals surface area contributed by atoms with Gasteiger partial charge >= 0.3 is 0 Å². The molecule has 1 aliphatic heterocycles. The van der Waals surface area contributed by atoms with Gasteiger partial charge < -0.3 is 15.2 Å². The molecule has 0 radical (unpaired) electrons. The largest absolute Gasteiger partial charge is 0.377 e. The van der Waals surface area contributed by atoms with Gasteiger partial charge in [-0.15, -0.1) is 0 Å². The molecule has 1 fully saturated rings. The normalized spacial score (nSPS) is 24.6. The van der Waals surface area contributed by atoms with Crippen molar-refractivity contribution in [3.05, 3.63) is 0 Å². The number of morpholine rings is 1. The summed E-state index contributed by atoms with van der Waals surface area (Å²) in [5, 5.41) is 0. The SMILES string of the molecule is CCOC(CN)CCN1CCOC(CC)C1. The van der Waals surface area contributed by atoms with E-state index >= 15 is 0 Å². The Bertz CT molecular complexity index is 178. The Morgan fingerprint density at radius 2 is 2.31 bits per heavy atom. The van der Waals surface area contributed by atoms with Gasteiger partial charge in [-0.1, -0.05) is 6.92 Å². The van der Waals surface area contributed by atoms with Crippen molar-refractivity contribution in [3.8, 4) is 0 Å². The summed E-state index contributed by atoms with van der Waals surface area (Å²) in [6, 6.07) is 0. The molecule has 2 atom stereocenters. The first-order chi connectivity index (χ1) is 7.80. The molecule has 2 unspecified atom stereocenters. The minimum atomic E-state index is 0.216. The van der Waals surface area contributed by atoms with E-state index in [9.17, 15) is 0 Å². The van der Waals surface area contributed by atoms with E-state index in [1.165, 1.54) is 0 Å². The monoisotopic (exact) mass is 230 g/mol. The van der Waals surface area contributed by atoms with Crippen molar-refractivity contribution in [2.45, 2.75) is 38.9 Å². The van der Waals surface area contributed by atoms with Gasteiger partial charge in [-0.05, 0) is 19.8 Å². The fourth-order valence-corrected chi connectivity index (χ4v) is 2.06. The van der Waals surface area contributed by atoms with Gasteiger partial charge in [-0.25, -0.2) is 0 Å². The number of hydrogen-bond acceptors (Lipinski definition) is 4. The lowest BCUT2D eigenvalue weighted by Gasteiger charge is -2.33. The topological polar surface area (TPSA) is 47.7 Å². The van der Waals surface area contributed by atoms with Crippen LogP contribution >= 0.6 is 0 Å². The van der Waals surface area contributed by atoms with Crippen LogP contribution in [0, 0.1) is 0 Å². The Balaban J connectivity index is 2.20. The molecule has 1 rings (SSSR count). The first-order valence-corrected chi connectivity index (χ1v) is 6.45. The molecule has 0 aromatic carbocycles. The van der Waals surface area contributed by atoms with Crippen LogP contribution in [0.15, 0.2) is 0 Å². The van der Waals surface area contributed by atoms with Crippen LogP contribution in [0.25, 0.3) is 0 Å². The Morgan fingerprint density at radius 3 is 2.94 bits per heavy atom. The summed E-state index contributed by atoms with van der Waals surface area (Å²) in [6.07, 6.45) is 2.76. The Labute approximate surface area is 99.1 Å². The van der Waals surface area contributed by atoms with Crippen molar-refractivity contribution in [1.29, 1.82) is 0 Å². The summed E-state index contributed by atoms with van der Waals surface area (Å²) in [5.74, 6) is 0. The first kappa shape index (κ1) is 13.9. The molecular formula is C12H26N2O2. The second kappa shape index (κ2) is 8.01. The zero-order valence-corrected chi connectivity index (χ0v) is 10.7. The molecule has 0 bridgehead atoms. The minimum absolute atomic E-state index is 0.216. The van der Waals surface area contributed by atoms with Gasteiger partial charge in [0.1, 0.15) is 0 Å². The third-order valence-corrected chi connectivity index (χ3v) is 3.11. The molecule has 0 spiro atoms. The zero-order valence-electron chi connectivity index (χ0n) is 10.7. The second-order valence-corrected chi connectivity index (χ2v) is 4.30. The predicted molar refractivity (Wildman–Crippen MR) is 65.6 cm³/mol. The predicted octanol–water partition coefficient (Wildman–Crippen LogP) is 0.851. The summed E-state index contributed by atoms with van der Waals surface area (Å²) in [7, 11) is 0. The maximum atomic E-state index is 5.66. The van der Waals surface area contributed by atoms with Gasteiger partial charge in [0, 0.05) is 32.8 Å². The van der Waals surface area contributed by atoms with E-state index < -0.39 is 0 Å². The van der Waals surface area contributed by atoms with Crippen LogP contribution in [0.1, 0.15) is 26.7 Å². The minimum Gasteiger partial charge on any atom is -0.377 e. The molecule has 2 N–H and O–H groups in total. The molecule has 0 saturated carbocycles. The highest BCUT2D eigenvalue weighted by Gasteiger charge is 2.19. The third kappa shape index (κ3) is 4.78. The highest BCUT2D eigenvalue weighted by Crippen LogP contribution is 2.09. The molecule has 0 aromatic rings. The highest BCUT2D eigenvalue weighted by molar-refractivity contribution is 4.72. The molecule has 16 heavy (non-hydrogen) atoms. The zero-order chi connectivity index (χ0) is 11.8. The molecule has 0 aromatic heterocycles. The summed E-state index contributed by atoms with van der Waals surface area (Å²) in [6.45, 7) is 9.60. The summed E-state index contributed by atoms with van der Waals surface area (Å²) >= 11 is 0. The van der Waals surface area contributed by atoms with Crippen LogP contribution in [0.4, 0.5) is 0 Å². The van der Waals surface area contributed by atoms with Crippen molar-refractivity contribution in [2.75, 3.05) is 39.4 Å². The summed E-state index contributed by atoms with van der Waals surface area (Å²) in [5.41, 5.74) is 5.66. The number of nitrogens with zero attached hydrogens (tertiary/aromatic N) is 1. The number of hydrogen-bond donors (Lipinski definition) is 1. The van der Waals surface area contributed by atoms with Gasteiger partial charge in [-0.3, -0.25) is 4.90 Å². The molecule has 96 valence electrons. The molecule has 1 heterocycles. The number of ether oxygens (including phenoxy) is 2. The van der Waals surface area contributed by atoms with Crippen molar-refractivity contribution < 1.29 is 9.47 Å². The van der Waals surface area contributed by atoms with Crippen molar-refractivity contribution in [1.82, 2.24) is 4.90 Å². The fourth-order valence-electron chi connectivity index (χ4n) is 2.06. The van der Waals surface area contributed by atoms with E-state index in [2.05, 4.69) is 11.8 Å². The second-order valence-electron chi connectivity index (χ2n) is 4.30. The van der Waals surface area contributed by atoms with Gasteiger partial charge in [0.25, 0.3) is 0 Å². The van der Waals surface area contributed by atoms with Crippen LogP contribution in [0.3, 0.4) is 0 Å². The molecule has 4 heteroatoms. The smallest absolute Gasteiger partial charge is 0.0709 e. The van der Waals surface area contributed by atoms with E-state index in [1.807, 2.05) is 6.92 Å². The summed E-state index contributed by atoms with van der Waals surface area (Å²) < 4.78 is 11.2. The first-order valence-electron chi connectivity index (χ1n) is 6.45. The molecule has 4 nitrogen and oxygen atoms in total. The van der Waals surface area contributed by atoms with Gasteiger partial charge in [0.15, 0.2) is 0 Å².